The van der Waals surface area contributed by atoms with Gasteiger partial charge in [-0.1, -0.05) is 6.07 Å². The third-order valence-electron chi connectivity index (χ3n) is 7.22. The highest BCUT2D eigenvalue weighted by molar-refractivity contribution is 6.23. The number of carbonyl (C=O) groups excluding carboxylic acids is 4. The van der Waals surface area contributed by atoms with E-state index in [0.29, 0.717) is 61.8 Å². The summed E-state index contributed by atoms with van der Waals surface area (Å²) in [5.41, 5.74) is 1.52. The molecule has 1 aromatic carbocycles. The van der Waals surface area contributed by atoms with Gasteiger partial charge >= 0.3 is 0 Å². The molecule has 1 aromatic heterocycles. The maximum absolute atomic E-state index is 13.4. The second kappa shape index (κ2) is 10.1. The average molecular weight is 495 g/mol. The molecule has 0 N–H and O–H groups in total. The Bertz CT molecular complexity index is 1160. The van der Waals surface area contributed by atoms with Crippen LogP contribution in [0.1, 0.15) is 44.1 Å². The van der Waals surface area contributed by atoms with E-state index >= 15 is 0 Å². The molecule has 36 heavy (non-hydrogen) atoms. The fourth-order valence-electron chi connectivity index (χ4n) is 5.31. The number of nitrogens with zero attached hydrogens (tertiary/aromatic N) is 4. The van der Waals surface area contributed by atoms with Crippen molar-refractivity contribution in [2.45, 2.75) is 12.8 Å². The molecule has 0 spiro atoms. The SMILES string of the molecule is COCCN1C(=O)c2cccc(N3CCC[C@@H](C(=O)N4CCN(C(=O)c5ccco5)CC4)C3)c2C1=O. The van der Waals surface area contributed by atoms with Crippen molar-refractivity contribution in [2.75, 3.05) is 64.4 Å². The van der Waals surface area contributed by atoms with Gasteiger partial charge in [0, 0.05) is 46.4 Å². The monoisotopic (exact) mass is 494 g/mol. The number of fused-ring (bicyclic) bond motifs is 1. The predicted molar refractivity (Wildman–Crippen MR) is 130 cm³/mol. The molecule has 0 aliphatic carbocycles. The maximum atomic E-state index is 13.4. The number of hydrogen-bond donors (Lipinski definition) is 0. The first-order valence-electron chi connectivity index (χ1n) is 12.3. The molecule has 0 unspecified atom stereocenters. The molecule has 5 rings (SSSR count). The Labute approximate surface area is 209 Å². The van der Waals surface area contributed by atoms with E-state index in [2.05, 4.69) is 4.90 Å². The molecule has 3 aliphatic rings. The topological polar surface area (TPSA) is 104 Å². The minimum Gasteiger partial charge on any atom is -0.459 e. The summed E-state index contributed by atoms with van der Waals surface area (Å²) in [7, 11) is 1.53. The molecule has 2 fully saturated rings. The summed E-state index contributed by atoms with van der Waals surface area (Å²) in [6.45, 7) is 3.56. The van der Waals surface area contributed by atoms with Crippen molar-refractivity contribution in [3.63, 3.8) is 0 Å². The molecule has 0 radical (unpaired) electrons. The summed E-state index contributed by atoms with van der Waals surface area (Å²) in [5, 5.41) is 0. The fourth-order valence-corrected chi connectivity index (χ4v) is 5.31. The van der Waals surface area contributed by atoms with Crippen LogP contribution in [-0.4, -0.2) is 97.9 Å². The van der Waals surface area contributed by atoms with Gasteiger partial charge in [0.05, 0.1) is 42.1 Å². The average Bonchev–Trinajstić information content (AvgIpc) is 3.54. The van der Waals surface area contributed by atoms with Crippen LogP contribution in [-0.2, 0) is 9.53 Å². The number of piperidine rings is 1. The lowest BCUT2D eigenvalue weighted by atomic mass is 9.94. The summed E-state index contributed by atoms with van der Waals surface area (Å²) in [6.07, 6.45) is 3.06. The normalized spacial score (nSPS) is 20.2. The Hall–Kier alpha value is -3.66. The summed E-state index contributed by atoms with van der Waals surface area (Å²) in [5.74, 6) is -0.608. The zero-order chi connectivity index (χ0) is 25.2. The quantitative estimate of drug-likeness (QED) is 0.564. The number of imide groups is 1. The number of piperazine rings is 1. The molecule has 190 valence electrons. The summed E-state index contributed by atoms with van der Waals surface area (Å²) >= 11 is 0. The van der Waals surface area contributed by atoms with Crippen molar-refractivity contribution < 1.29 is 28.3 Å². The Balaban J connectivity index is 1.25. The zero-order valence-electron chi connectivity index (χ0n) is 20.4. The highest BCUT2D eigenvalue weighted by atomic mass is 16.5. The highest BCUT2D eigenvalue weighted by Gasteiger charge is 2.39. The third kappa shape index (κ3) is 4.37. The molecule has 2 saturated heterocycles. The number of rotatable bonds is 6. The Morgan fingerprint density at radius 3 is 2.50 bits per heavy atom. The molecule has 10 nitrogen and oxygen atoms in total. The first kappa shape index (κ1) is 24.1. The van der Waals surface area contributed by atoms with E-state index < -0.39 is 0 Å². The van der Waals surface area contributed by atoms with Crippen molar-refractivity contribution in [1.29, 1.82) is 0 Å². The second-order valence-electron chi connectivity index (χ2n) is 9.33. The van der Waals surface area contributed by atoms with Crippen LogP contribution in [0.2, 0.25) is 0 Å². The number of amides is 4. The lowest BCUT2D eigenvalue weighted by Gasteiger charge is -2.39. The van der Waals surface area contributed by atoms with Gasteiger partial charge in [-0.05, 0) is 37.1 Å². The van der Waals surface area contributed by atoms with Crippen LogP contribution in [0.25, 0.3) is 0 Å². The van der Waals surface area contributed by atoms with Crippen LogP contribution < -0.4 is 4.90 Å². The fraction of sp³-hybridized carbons (Fsp3) is 0.462. The molecule has 4 heterocycles. The van der Waals surface area contributed by atoms with Gasteiger partial charge in [0.1, 0.15) is 0 Å². The first-order valence-corrected chi connectivity index (χ1v) is 12.3. The van der Waals surface area contributed by atoms with E-state index in [1.54, 1.807) is 29.2 Å². The first-order chi connectivity index (χ1) is 17.5. The van der Waals surface area contributed by atoms with E-state index in [0.717, 1.165) is 12.8 Å². The van der Waals surface area contributed by atoms with Gasteiger partial charge in [-0.25, -0.2) is 0 Å². The number of furan rings is 1. The minimum atomic E-state index is -0.312. The number of hydrogen-bond acceptors (Lipinski definition) is 7. The molecular weight excluding hydrogens is 464 g/mol. The van der Waals surface area contributed by atoms with Crippen molar-refractivity contribution in [2.24, 2.45) is 5.92 Å². The van der Waals surface area contributed by atoms with Gasteiger partial charge in [-0.3, -0.25) is 24.1 Å². The summed E-state index contributed by atoms with van der Waals surface area (Å²) < 4.78 is 10.3. The molecule has 1 atom stereocenters. The van der Waals surface area contributed by atoms with Crippen LogP contribution in [0.15, 0.2) is 41.0 Å². The molecular formula is C26H30N4O6. The Kier molecular flexibility index (Phi) is 6.77. The number of benzene rings is 1. The van der Waals surface area contributed by atoms with Crippen molar-refractivity contribution >= 4 is 29.3 Å². The number of methoxy groups -OCH3 is 1. The number of carbonyl (C=O) groups is 4. The van der Waals surface area contributed by atoms with Gasteiger partial charge in [-0.2, -0.15) is 0 Å². The summed E-state index contributed by atoms with van der Waals surface area (Å²) in [6, 6.07) is 8.66. The Morgan fingerprint density at radius 2 is 1.78 bits per heavy atom. The zero-order valence-corrected chi connectivity index (χ0v) is 20.4. The minimum absolute atomic E-state index is 0.0708. The standard InChI is InChI=1S/C26H30N4O6/c1-35-16-14-30-24(32)19-6-2-7-20(22(19)26(30)34)29-9-3-5-18(17-29)23(31)27-10-12-28(13-11-27)25(33)21-8-4-15-36-21/h2,4,6-8,15,18H,3,5,9-14,16-17H2,1H3/t18-/m1/s1. The van der Waals surface area contributed by atoms with Crippen molar-refractivity contribution in [1.82, 2.24) is 14.7 Å². The largest absolute Gasteiger partial charge is 0.459 e. The smallest absolute Gasteiger partial charge is 0.289 e. The van der Waals surface area contributed by atoms with E-state index in [1.165, 1.54) is 18.3 Å². The Morgan fingerprint density at radius 1 is 1.00 bits per heavy atom. The van der Waals surface area contributed by atoms with E-state index in [-0.39, 0.29) is 42.7 Å². The number of anilines is 1. The maximum Gasteiger partial charge on any atom is 0.289 e. The van der Waals surface area contributed by atoms with Crippen LogP contribution in [0, 0.1) is 5.92 Å². The number of ether oxygens (including phenoxy) is 1. The predicted octanol–water partition coefficient (Wildman–Crippen LogP) is 1.72. The van der Waals surface area contributed by atoms with E-state index in [4.69, 9.17) is 9.15 Å². The molecule has 0 bridgehead atoms. The van der Waals surface area contributed by atoms with Gasteiger partial charge in [0.15, 0.2) is 5.76 Å². The molecule has 10 heteroatoms. The molecule has 2 aromatic rings. The van der Waals surface area contributed by atoms with Crippen molar-refractivity contribution in [3.05, 3.63) is 53.5 Å². The molecule has 3 aliphatic heterocycles. The van der Waals surface area contributed by atoms with Gasteiger partial charge in [0.25, 0.3) is 17.7 Å². The van der Waals surface area contributed by atoms with Gasteiger partial charge < -0.3 is 23.9 Å². The lowest BCUT2D eigenvalue weighted by Crippen LogP contribution is -2.53. The van der Waals surface area contributed by atoms with Crippen LogP contribution in [0.3, 0.4) is 0 Å². The highest BCUT2D eigenvalue weighted by Crippen LogP contribution is 2.34. The lowest BCUT2D eigenvalue weighted by molar-refractivity contribution is -0.137. The van der Waals surface area contributed by atoms with Gasteiger partial charge in [0.2, 0.25) is 5.91 Å². The van der Waals surface area contributed by atoms with Crippen LogP contribution in [0.5, 0.6) is 0 Å². The summed E-state index contributed by atoms with van der Waals surface area (Å²) in [4.78, 5) is 58.7. The van der Waals surface area contributed by atoms with Gasteiger partial charge in [-0.15, -0.1) is 0 Å². The van der Waals surface area contributed by atoms with E-state index in [1.807, 2.05) is 11.0 Å². The van der Waals surface area contributed by atoms with Crippen molar-refractivity contribution in [3.8, 4) is 0 Å². The molecule has 4 amide bonds. The van der Waals surface area contributed by atoms with Crippen LogP contribution in [0.4, 0.5) is 5.69 Å². The second-order valence-corrected chi connectivity index (χ2v) is 9.33. The molecule has 0 saturated carbocycles. The third-order valence-corrected chi connectivity index (χ3v) is 7.22. The van der Waals surface area contributed by atoms with Crippen LogP contribution >= 0.6 is 0 Å². The van der Waals surface area contributed by atoms with E-state index in [9.17, 15) is 19.2 Å².